The number of amides is 1. The first-order valence-electron chi connectivity index (χ1n) is 10.1. The summed E-state index contributed by atoms with van der Waals surface area (Å²) in [7, 11) is -2.23. The summed E-state index contributed by atoms with van der Waals surface area (Å²) >= 11 is 0. The van der Waals surface area contributed by atoms with Crippen molar-refractivity contribution < 1.29 is 22.7 Å². The van der Waals surface area contributed by atoms with E-state index in [1.807, 2.05) is 32.0 Å². The third-order valence-corrected chi connectivity index (χ3v) is 6.10. The van der Waals surface area contributed by atoms with Gasteiger partial charge in [-0.15, -0.1) is 0 Å². The van der Waals surface area contributed by atoms with Crippen LogP contribution in [0.1, 0.15) is 18.9 Å². The van der Waals surface area contributed by atoms with E-state index >= 15 is 0 Å². The van der Waals surface area contributed by atoms with Gasteiger partial charge in [-0.05, 0) is 79.6 Å². The third kappa shape index (κ3) is 6.01. The number of methoxy groups -OCH3 is 1. The summed E-state index contributed by atoms with van der Waals surface area (Å²) in [5, 5.41) is 2.78. The molecule has 0 aliphatic carbocycles. The van der Waals surface area contributed by atoms with Gasteiger partial charge in [0.15, 0.2) is 6.10 Å². The van der Waals surface area contributed by atoms with Gasteiger partial charge in [-0.25, -0.2) is 8.42 Å². The predicted molar refractivity (Wildman–Crippen MR) is 125 cm³/mol. The SMILES string of the molecule is CC[C@@H](Oc1cccc(C)c1)C(=O)Nc1ccc(S(=O)(=O)Nc2ccc(OC)cc2)cc1. The first-order chi connectivity index (χ1) is 15.3. The summed E-state index contributed by atoms with van der Waals surface area (Å²) in [6, 6.07) is 20.0. The highest BCUT2D eigenvalue weighted by Crippen LogP contribution is 2.21. The van der Waals surface area contributed by atoms with Crippen LogP contribution in [0.4, 0.5) is 11.4 Å². The molecule has 7 nitrogen and oxygen atoms in total. The van der Waals surface area contributed by atoms with E-state index < -0.39 is 16.1 Å². The molecule has 0 aliphatic rings. The number of carbonyl (C=O) groups is 1. The lowest BCUT2D eigenvalue weighted by Gasteiger charge is -2.18. The minimum absolute atomic E-state index is 0.0781. The molecule has 0 radical (unpaired) electrons. The summed E-state index contributed by atoms with van der Waals surface area (Å²) in [5.74, 6) is 0.948. The summed E-state index contributed by atoms with van der Waals surface area (Å²) in [6.45, 7) is 3.81. The van der Waals surface area contributed by atoms with Crippen LogP contribution in [0, 0.1) is 6.92 Å². The Balaban J connectivity index is 1.65. The minimum atomic E-state index is -3.77. The molecule has 8 heteroatoms. The Bertz CT molecular complexity index is 1160. The van der Waals surface area contributed by atoms with Crippen LogP contribution in [0.25, 0.3) is 0 Å². The zero-order valence-corrected chi connectivity index (χ0v) is 19.0. The minimum Gasteiger partial charge on any atom is -0.497 e. The van der Waals surface area contributed by atoms with E-state index in [2.05, 4.69) is 10.0 Å². The lowest BCUT2D eigenvalue weighted by atomic mass is 10.2. The van der Waals surface area contributed by atoms with Crippen molar-refractivity contribution in [1.29, 1.82) is 0 Å². The molecule has 0 saturated heterocycles. The number of aryl methyl sites for hydroxylation is 1. The number of hydrogen-bond donors (Lipinski definition) is 2. The van der Waals surface area contributed by atoms with E-state index in [0.717, 1.165) is 5.56 Å². The van der Waals surface area contributed by atoms with Gasteiger partial charge in [0.2, 0.25) is 0 Å². The average molecular weight is 455 g/mol. The van der Waals surface area contributed by atoms with Crippen molar-refractivity contribution in [2.45, 2.75) is 31.3 Å². The molecule has 0 saturated carbocycles. The highest BCUT2D eigenvalue weighted by molar-refractivity contribution is 7.92. The summed E-state index contributed by atoms with van der Waals surface area (Å²) in [6.07, 6.45) is -0.185. The zero-order chi connectivity index (χ0) is 23.1. The molecule has 0 aromatic heterocycles. The Morgan fingerprint density at radius 2 is 1.59 bits per heavy atom. The first kappa shape index (κ1) is 23.1. The lowest BCUT2D eigenvalue weighted by molar-refractivity contribution is -0.122. The molecular weight excluding hydrogens is 428 g/mol. The maximum atomic E-state index is 12.6. The number of sulfonamides is 1. The van der Waals surface area contributed by atoms with E-state index in [1.54, 1.807) is 42.5 Å². The molecule has 0 unspecified atom stereocenters. The van der Waals surface area contributed by atoms with Crippen molar-refractivity contribution in [2.75, 3.05) is 17.1 Å². The molecule has 0 heterocycles. The van der Waals surface area contributed by atoms with Gasteiger partial charge in [0.25, 0.3) is 15.9 Å². The first-order valence-corrected chi connectivity index (χ1v) is 11.6. The summed E-state index contributed by atoms with van der Waals surface area (Å²) in [4.78, 5) is 12.7. The van der Waals surface area contributed by atoms with E-state index in [4.69, 9.17) is 9.47 Å². The quantitative estimate of drug-likeness (QED) is 0.493. The second-order valence-electron chi connectivity index (χ2n) is 7.18. The summed E-state index contributed by atoms with van der Waals surface area (Å²) < 4.78 is 38.6. The molecule has 3 rings (SSSR count). The van der Waals surface area contributed by atoms with Crippen LogP contribution < -0.4 is 19.5 Å². The van der Waals surface area contributed by atoms with Gasteiger partial charge < -0.3 is 14.8 Å². The van der Waals surface area contributed by atoms with E-state index in [-0.39, 0.29) is 10.8 Å². The molecule has 3 aromatic carbocycles. The molecule has 168 valence electrons. The largest absolute Gasteiger partial charge is 0.497 e. The maximum Gasteiger partial charge on any atom is 0.265 e. The fourth-order valence-electron chi connectivity index (χ4n) is 2.99. The monoisotopic (exact) mass is 454 g/mol. The summed E-state index contributed by atoms with van der Waals surface area (Å²) in [5.41, 5.74) is 1.93. The molecule has 0 spiro atoms. The van der Waals surface area contributed by atoms with Crippen molar-refractivity contribution >= 4 is 27.3 Å². The van der Waals surface area contributed by atoms with E-state index in [0.29, 0.717) is 29.3 Å². The van der Waals surface area contributed by atoms with Gasteiger partial charge in [0, 0.05) is 11.4 Å². The van der Waals surface area contributed by atoms with Crippen LogP contribution >= 0.6 is 0 Å². The number of hydrogen-bond acceptors (Lipinski definition) is 5. The second-order valence-corrected chi connectivity index (χ2v) is 8.86. The van der Waals surface area contributed by atoms with Crippen LogP contribution in [-0.2, 0) is 14.8 Å². The third-order valence-electron chi connectivity index (χ3n) is 4.71. The van der Waals surface area contributed by atoms with Gasteiger partial charge in [-0.3, -0.25) is 9.52 Å². The van der Waals surface area contributed by atoms with Gasteiger partial charge >= 0.3 is 0 Å². The number of rotatable bonds is 9. The van der Waals surface area contributed by atoms with Crippen LogP contribution in [0.15, 0.2) is 77.7 Å². The van der Waals surface area contributed by atoms with Gasteiger partial charge in [0.1, 0.15) is 11.5 Å². The number of carbonyl (C=O) groups excluding carboxylic acids is 1. The van der Waals surface area contributed by atoms with Gasteiger partial charge in [-0.2, -0.15) is 0 Å². The van der Waals surface area contributed by atoms with Crippen LogP contribution in [-0.4, -0.2) is 27.5 Å². The molecule has 2 N–H and O–H groups in total. The Hall–Kier alpha value is -3.52. The average Bonchev–Trinajstić information content (AvgIpc) is 2.78. The van der Waals surface area contributed by atoms with Crippen LogP contribution in [0.3, 0.4) is 0 Å². The number of nitrogens with one attached hydrogen (secondary N) is 2. The normalized spacial score (nSPS) is 12.0. The van der Waals surface area contributed by atoms with Gasteiger partial charge in [-0.1, -0.05) is 19.1 Å². The molecule has 3 aromatic rings. The van der Waals surface area contributed by atoms with Crippen molar-refractivity contribution in [3.63, 3.8) is 0 Å². The molecule has 0 aliphatic heterocycles. The predicted octanol–water partition coefficient (Wildman–Crippen LogP) is 4.60. The van der Waals surface area contributed by atoms with Crippen molar-refractivity contribution in [1.82, 2.24) is 0 Å². The Morgan fingerprint density at radius 3 is 2.19 bits per heavy atom. The number of benzene rings is 3. The second kappa shape index (κ2) is 10.2. The lowest BCUT2D eigenvalue weighted by Crippen LogP contribution is -2.32. The smallest absolute Gasteiger partial charge is 0.265 e. The van der Waals surface area contributed by atoms with Crippen molar-refractivity contribution in [3.8, 4) is 11.5 Å². The van der Waals surface area contributed by atoms with E-state index in [1.165, 1.54) is 19.2 Å². The molecule has 0 fully saturated rings. The van der Waals surface area contributed by atoms with E-state index in [9.17, 15) is 13.2 Å². The number of ether oxygens (including phenoxy) is 2. The molecular formula is C24H26N2O5S. The van der Waals surface area contributed by atoms with Crippen molar-refractivity contribution in [3.05, 3.63) is 78.4 Å². The molecule has 32 heavy (non-hydrogen) atoms. The topological polar surface area (TPSA) is 93.7 Å². The highest BCUT2D eigenvalue weighted by Gasteiger charge is 2.19. The standard InChI is InChI=1S/C24H26N2O5S/c1-4-23(31-21-7-5-6-17(2)16-21)24(27)25-18-10-14-22(15-11-18)32(28,29)26-19-8-12-20(30-3)13-9-19/h5-16,23,26H,4H2,1-3H3,(H,25,27)/t23-/m1/s1. The highest BCUT2D eigenvalue weighted by atomic mass is 32.2. The van der Waals surface area contributed by atoms with Crippen LogP contribution in [0.2, 0.25) is 0 Å². The fraction of sp³-hybridized carbons (Fsp3) is 0.208. The Morgan fingerprint density at radius 1 is 0.938 bits per heavy atom. The number of anilines is 2. The van der Waals surface area contributed by atoms with Crippen LogP contribution in [0.5, 0.6) is 11.5 Å². The molecule has 1 atom stereocenters. The molecule has 0 bridgehead atoms. The fourth-order valence-corrected chi connectivity index (χ4v) is 4.05. The molecule has 1 amide bonds. The maximum absolute atomic E-state index is 12.6. The van der Waals surface area contributed by atoms with Gasteiger partial charge in [0.05, 0.1) is 12.0 Å². The Kier molecular flexibility index (Phi) is 7.37. The zero-order valence-electron chi connectivity index (χ0n) is 18.2. The Labute approximate surface area is 188 Å². The van der Waals surface area contributed by atoms with Crippen molar-refractivity contribution in [2.24, 2.45) is 0 Å².